The van der Waals surface area contributed by atoms with Gasteiger partial charge in [0.05, 0.1) is 5.92 Å². The normalized spacial score (nSPS) is 18.3. The molecule has 1 aliphatic heterocycles. The first kappa shape index (κ1) is 13.0. The Bertz CT molecular complexity index is 399. The number of hydrogen-bond acceptors (Lipinski definition) is 3. The number of hydrogen-bond donors (Lipinski definition) is 0. The quantitative estimate of drug-likeness (QED) is 0.827. The van der Waals surface area contributed by atoms with Crippen molar-refractivity contribution in [2.24, 2.45) is 0 Å². The van der Waals surface area contributed by atoms with E-state index >= 15 is 0 Å². The van der Waals surface area contributed by atoms with Gasteiger partial charge in [0, 0.05) is 13.1 Å². The lowest BCUT2D eigenvalue weighted by Crippen LogP contribution is -2.33. The molecule has 1 saturated heterocycles. The molecule has 0 saturated carbocycles. The van der Waals surface area contributed by atoms with Gasteiger partial charge >= 0.3 is 5.97 Å². The van der Waals surface area contributed by atoms with Crippen LogP contribution in [0, 0.1) is 5.82 Å². The average Bonchev–Trinajstić information content (AvgIpc) is 2.40. The molecule has 0 N–H and O–H groups in total. The summed E-state index contributed by atoms with van der Waals surface area (Å²) < 4.78 is 12.8. The minimum Gasteiger partial charge on any atom is -0.367 e. The Morgan fingerprint density at radius 3 is 2.44 bits per heavy atom. The maximum atomic E-state index is 12.8. The Kier molecular flexibility index (Phi) is 4.31. The van der Waals surface area contributed by atoms with E-state index in [0.717, 1.165) is 31.5 Å². The molecule has 1 atom stereocenters. The highest BCUT2D eigenvalue weighted by atomic mass is 19.1. The number of hydroxylamine groups is 2. The topological polar surface area (TPSA) is 29.5 Å². The third kappa shape index (κ3) is 3.29. The Morgan fingerprint density at radius 1 is 1.22 bits per heavy atom. The van der Waals surface area contributed by atoms with Gasteiger partial charge in [0.15, 0.2) is 0 Å². The van der Waals surface area contributed by atoms with Gasteiger partial charge < -0.3 is 4.84 Å². The number of halogens is 1. The van der Waals surface area contributed by atoms with Gasteiger partial charge in [-0.25, -0.2) is 9.18 Å². The van der Waals surface area contributed by atoms with Crippen molar-refractivity contribution in [1.82, 2.24) is 5.06 Å². The van der Waals surface area contributed by atoms with E-state index in [9.17, 15) is 9.18 Å². The lowest BCUT2D eigenvalue weighted by atomic mass is 10.0. The largest absolute Gasteiger partial charge is 0.367 e. The smallest absolute Gasteiger partial charge is 0.332 e. The van der Waals surface area contributed by atoms with Crippen LogP contribution in [0.3, 0.4) is 0 Å². The van der Waals surface area contributed by atoms with Crippen LogP contribution in [0.4, 0.5) is 4.39 Å². The standard InChI is InChI=1S/C14H18FNO2/c1-11(12-5-7-13(15)8-6-12)14(17)18-16-9-3-2-4-10-16/h5-8,11H,2-4,9-10H2,1H3. The van der Waals surface area contributed by atoms with Gasteiger partial charge in [0.2, 0.25) is 0 Å². The fourth-order valence-electron chi connectivity index (χ4n) is 2.05. The fourth-order valence-corrected chi connectivity index (χ4v) is 2.05. The van der Waals surface area contributed by atoms with E-state index in [4.69, 9.17) is 4.84 Å². The van der Waals surface area contributed by atoms with Crippen LogP contribution in [-0.2, 0) is 9.63 Å². The molecule has 18 heavy (non-hydrogen) atoms. The van der Waals surface area contributed by atoms with Gasteiger partial charge in [-0.05, 0) is 37.5 Å². The number of nitrogens with zero attached hydrogens (tertiary/aromatic N) is 1. The molecule has 0 aromatic heterocycles. The van der Waals surface area contributed by atoms with Crippen LogP contribution >= 0.6 is 0 Å². The van der Waals surface area contributed by atoms with Crippen LogP contribution in [0.2, 0.25) is 0 Å². The molecule has 1 aromatic carbocycles. The van der Waals surface area contributed by atoms with E-state index in [2.05, 4.69) is 0 Å². The van der Waals surface area contributed by atoms with Gasteiger partial charge in [0.1, 0.15) is 5.82 Å². The number of benzene rings is 1. The van der Waals surface area contributed by atoms with Crippen molar-refractivity contribution in [1.29, 1.82) is 0 Å². The monoisotopic (exact) mass is 251 g/mol. The highest BCUT2D eigenvalue weighted by Crippen LogP contribution is 2.19. The minimum atomic E-state index is -0.368. The maximum Gasteiger partial charge on any atom is 0.332 e. The maximum absolute atomic E-state index is 12.8. The van der Waals surface area contributed by atoms with E-state index in [1.807, 2.05) is 0 Å². The Labute approximate surface area is 106 Å². The van der Waals surface area contributed by atoms with Gasteiger partial charge in [-0.2, -0.15) is 0 Å². The predicted octanol–water partition coefficient (Wildman–Crippen LogP) is 2.87. The second-order valence-corrected chi connectivity index (χ2v) is 4.67. The van der Waals surface area contributed by atoms with Crippen LogP contribution < -0.4 is 0 Å². The van der Waals surface area contributed by atoms with Gasteiger partial charge in [0.25, 0.3) is 0 Å². The SMILES string of the molecule is CC(C(=O)ON1CCCCC1)c1ccc(F)cc1. The Hall–Kier alpha value is -1.42. The molecule has 0 radical (unpaired) electrons. The third-order valence-electron chi connectivity index (χ3n) is 3.26. The average molecular weight is 251 g/mol. The zero-order valence-corrected chi connectivity index (χ0v) is 10.6. The molecule has 0 amide bonds. The molecule has 3 nitrogen and oxygen atoms in total. The van der Waals surface area contributed by atoms with E-state index < -0.39 is 0 Å². The molecule has 0 aliphatic carbocycles. The van der Waals surface area contributed by atoms with E-state index in [0.29, 0.717) is 0 Å². The summed E-state index contributed by atoms with van der Waals surface area (Å²) >= 11 is 0. The van der Waals surface area contributed by atoms with Crippen molar-refractivity contribution in [3.8, 4) is 0 Å². The molecule has 2 rings (SSSR count). The van der Waals surface area contributed by atoms with E-state index in [1.165, 1.54) is 18.6 Å². The zero-order valence-electron chi connectivity index (χ0n) is 10.6. The Morgan fingerprint density at radius 2 is 1.83 bits per heavy atom. The number of piperidine rings is 1. The summed E-state index contributed by atoms with van der Waals surface area (Å²) in [6.45, 7) is 3.39. The molecule has 1 heterocycles. The molecule has 1 fully saturated rings. The third-order valence-corrected chi connectivity index (χ3v) is 3.26. The Balaban J connectivity index is 1.93. The zero-order chi connectivity index (χ0) is 13.0. The van der Waals surface area contributed by atoms with Crippen molar-refractivity contribution < 1.29 is 14.0 Å². The van der Waals surface area contributed by atoms with Crippen molar-refractivity contribution in [3.05, 3.63) is 35.6 Å². The van der Waals surface area contributed by atoms with Crippen molar-refractivity contribution in [2.75, 3.05) is 13.1 Å². The summed E-state index contributed by atoms with van der Waals surface area (Å²) in [5.74, 6) is -0.939. The highest BCUT2D eigenvalue weighted by molar-refractivity contribution is 5.77. The second-order valence-electron chi connectivity index (χ2n) is 4.67. The second kappa shape index (κ2) is 5.96. The summed E-state index contributed by atoms with van der Waals surface area (Å²) in [6.07, 6.45) is 3.33. The minimum absolute atomic E-state index is 0.275. The molecular weight excluding hydrogens is 233 g/mol. The van der Waals surface area contributed by atoms with Gasteiger partial charge in [-0.3, -0.25) is 0 Å². The van der Waals surface area contributed by atoms with Gasteiger partial charge in [-0.1, -0.05) is 18.6 Å². The lowest BCUT2D eigenvalue weighted by molar-refractivity contribution is -0.195. The molecule has 0 spiro atoms. The molecule has 1 aliphatic rings. The first-order valence-corrected chi connectivity index (χ1v) is 6.39. The van der Waals surface area contributed by atoms with Crippen molar-refractivity contribution >= 4 is 5.97 Å². The lowest BCUT2D eigenvalue weighted by Gasteiger charge is -2.26. The first-order chi connectivity index (χ1) is 8.66. The van der Waals surface area contributed by atoms with E-state index in [1.54, 1.807) is 24.1 Å². The van der Waals surface area contributed by atoms with Crippen LogP contribution in [0.5, 0.6) is 0 Å². The number of rotatable bonds is 3. The summed E-state index contributed by atoms with van der Waals surface area (Å²) in [5.41, 5.74) is 0.776. The van der Waals surface area contributed by atoms with Crippen LogP contribution in [-0.4, -0.2) is 24.1 Å². The summed E-state index contributed by atoms with van der Waals surface area (Å²) in [7, 11) is 0. The summed E-state index contributed by atoms with van der Waals surface area (Å²) in [5, 5.41) is 1.73. The number of carbonyl (C=O) groups is 1. The van der Waals surface area contributed by atoms with Crippen LogP contribution in [0.25, 0.3) is 0 Å². The highest BCUT2D eigenvalue weighted by Gasteiger charge is 2.21. The molecule has 1 unspecified atom stereocenters. The number of carbonyl (C=O) groups excluding carboxylic acids is 1. The van der Waals surface area contributed by atoms with Crippen molar-refractivity contribution in [2.45, 2.75) is 32.1 Å². The summed E-state index contributed by atoms with van der Waals surface area (Å²) in [6, 6.07) is 5.97. The molecule has 0 bridgehead atoms. The van der Waals surface area contributed by atoms with Crippen LogP contribution in [0.15, 0.2) is 24.3 Å². The van der Waals surface area contributed by atoms with Gasteiger partial charge in [-0.15, -0.1) is 5.06 Å². The molecule has 98 valence electrons. The van der Waals surface area contributed by atoms with Crippen molar-refractivity contribution in [3.63, 3.8) is 0 Å². The summed E-state index contributed by atoms with van der Waals surface area (Å²) in [4.78, 5) is 17.3. The molecule has 4 heteroatoms. The first-order valence-electron chi connectivity index (χ1n) is 6.39. The molecular formula is C14H18FNO2. The van der Waals surface area contributed by atoms with E-state index in [-0.39, 0.29) is 17.7 Å². The fraction of sp³-hybridized carbons (Fsp3) is 0.500. The van der Waals surface area contributed by atoms with Crippen LogP contribution in [0.1, 0.15) is 37.7 Å². The predicted molar refractivity (Wildman–Crippen MR) is 66.3 cm³/mol. The molecule has 1 aromatic rings.